The highest BCUT2D eigenvalue weighted by Gasteiger charge is 2.15. The minimum atomic E-state index is -2.61. The number of rotatable bonds is 4. The number of para-hydroxylation sites is 1. The van der Waals surface area contributed by atoms with Crippen molar-refractivity contribution in [2.75, 3.05) is 5.32 Å². The van der Waals surface area contributed by atoms with E-state index in [2.05, 4.69) is 21.2 Å². The minimum absolute atomic E-state index is 0.166. The molecule has 0 spiro atoms. The fraction of sp³-hybridized carbons (Fsp3) is 0.0714. The number of hydrogen-bond donors (Lipinski definition) is 1. The van der Waals surface area contributed by atoms with Crippen LogP contribution in [0.15, 0.2) is 51.8 Å². The standard InChI is InChI=1S/C14H9BrF3NOS/c15-8-5-6-10(16)9(7-8)13(20)19-11-3-1-2-4-12(11)21-14(17)18/h1-7,14H,(H,19,20). The predicted molar refractivity (Wildman–Crippen MR) is 80.4 cm³/mol. The molecule has 1 amide bonds. The van der Waals surface area contributed by atoms with Crippen LogP contribution in [0.2, 0.25) is 0 Å². The quantitative estimate of drug-likeness (QED) is 0.748. The van der Waals surface area contributed by atoms with Crippen molar-refractivity contribution in [1.82, 2.24) is 0 Å². The number of anilines is 1. The Kier molecular flexibility index (Phi) is 5.30. The van der Waals surface area contributed by atoms with Gasteiger partial charge < -0.3 is 5.32 Å². The third-order valence-corrected chi connectivity index (χ3v) is 3.81. The Bertz CT molecular complexity index is 666. The molecule has 0 radical (unpaired) electrons. The highest BCUT2D eigenvalue weighted by Crippen LogP contribution is 2.32. The average molecular weight is 376 g/mol. The Morgan fingerprint density at radius 1 is 1.19 bits per heavy atom. The molecule has 0 aliphatic heterocycles. The predicted octanol–water partition coefficient (Wildman–Crippen LogP) is 5.16. The normalized spacial score (nSPS) is 10.7. The highest BCUT2D eigenvalue weighted by atomic mass is 79.9. The Hall–Kier alpha value is -1.47. The van der Waals surface area contributed by atoms with E-state index in [1.807, 2.05) is 0 Å². The van der Waals surface area contributed by atoms with Gasteiger partial charge in [0.2, 0.25) is 0 Å². The average Bonchev–Trinajstić information content (AvgIpc) is 2.43. The summed E-state index contributed by atoms with van der Waals surface area (Å²) in [7, 11) is 0. The maximum absolute atomic E-state index is 13.6. The molecule has 2 aromatic rings. The summed E-state index contributed by atoms with van der Waals surface area (Å²) in [5.74, 6) is -3.99. The minimum Gasteiger partial charge on any atom is -0.321 e. The number of hydrogen-bond acceptors (Lipinski definition) is 2. The van der Waals surface area contributed by atoms with Crippen molar-refractivity contribution < 1.29 is 18.0 Å². The summed E-state index contributed by atoms with van der Waals surface area (Å²) in [5, 5.41) is 2.45. The van der Waals surface area contributed by atoms with Gasteiger partial charge >= 0.3 is 0 Å². The van der Waals surface area contributed by atoms with E-state index in [4.69, 9.17) is 0 Å². The van der Waals surface area contributed by atoms with E-state index in [0.29, 0.717) is 16.2 Å². The van der Waals surface area contributed by atoms with Gasteiger partial charge in [0.1, 0.15) is 5.82 Å². The molecule has 0 fully saturated rings. The van der Waals surface area contributed by atoms with Crippen LogP contribution in [0.1, 0.15) is 10.4 Å². The number of nitrogens with one attached hydrogen (secondary N) is 1. The van der Waals surface area contributed by atoms with Crippen LogP contribution in [0, 0.1) is 5.82 Å². The molecule has 0 saturated heterocycles. The SMILES string of the molecule is O=C(Nc1ccccc1SC(F)F)c1cc(Br)ccc1F. The zero-order chi connectivity index (χ0) is 15.4. The zero-order valence-electron chi connectivity index (χ0n) is 10.4. The van der Waals surface area contributed by atoms with Gasteiger partial charge in [-0.15, -0.1) is 0 Å². The van der Waals surface area contributed by atoms with Crippen LogP contribution in [-0.2, 0) is 0 Å². The lowest BCUT2D eigenvalue weighted by atomic mass is 10.2. The summed E-state index contributed by atoms with van der Waals surface area (Å²) in [5.41, 5.74) is 0.0494. The van der Waals surface area contributed by atoms with Gasteiger partial charge in [-0.05, 0) is 30.3 Å². The molecular formula is C14H9BrF3NOS. The molecule has 0 bridgehead atoms. The molecular weight excluding hydrogens is 367 g/mol. The van der Waals surface area contributed by atoms with E-state index >= 15 is 0 Å². The summed E-state index contributed by atoms with van der Waals surface area (Å²) in [6, 6.07) is 10.1. The number of amides is 1. The lowest BCUT2D eigenvalue weighted by Crippen LogP contribution is -2.14. The number of carbonyl (C=O) groups excluding carboxylic acids is 1. The molecule has 110 valence electrons. The van der Waals surface area contributed by atoms with Crippen LogP contribution in [0.4, 0.5) is 18.9 Å². The third kappa shape index (κ3) is 4.25. The zero-order valence-corrected chi connectivity index (χ0v) is 12.8. The van der Waals surface area contributed by atoms with Crippen LogP contribution in [0.3, 0.4) is 0 Å². The van der Waals surface area contributed by atoms with E-state index in [1.54, 1.807) is 12.1 Å². The highest BCUT2D eigenvalue weighted by molar-refractivity contribution is 9.10. The van der Waals surface area contributed by atoms with Crippen molar-refractivity contribution in [2.45, 2.75) is 10.7 Å². The fourth-order valence-corrected chi connectivity index (χ4v) is 2.59. The van der Waals surface area contributed by atoms with Gasteiger partial charge in [0, 0.05) is 9.37 Å². The van der Waals surface area contributed by atoms with Crippen LogP contribution in [0.25, 0.3) is 0 Å². The second-order valence-corrected chi connectivity index (χ2v) is 5.90. The maximum atomic E-state index is 13.6. The van der Waals surface area contributed by atoms with Gasteiger partial charge in [-0.3, -0.25) is 4.79 Å². The van der Waals surface area contributed by atoms with Crippen molar-refractivity contribution in [2.24, 2.45) is 0 Å². The third-order valence-electron chi connectivity index (χ3n) is 2.52. The molecule has 0 aliphatic carbocycles. The van der Waals surface area contributed by atoms with Crippen LogP contribution in [0.5, 0.6) is 0 Å². The summed E-state index contributed by atoms with van der Waals surface area (Å²) < 4.78 is 39.1. The van der Waals surface area contributed by atoms with E-state index in [-0.39, 0.29) is 16.1 Å². The van der Waals surface area contributed by atoms with E-state index in [0.717, 1.165) is 6.07 Å². The first-order chi connectivity index (χ1) is 9.97. The Morgan fingerprint density at radius 3 is 2.62 bits per heavy atom. The molecule has 0 aromatic heterocycles. The van der Waals surface area contributed by atoms with Crippen LogP contribution < -0.4 is 5.32 Å². The summed E-state index contributed by atoms with van der Waals surface area (Å²) >= 11 is 3.47. The first-order valence-electron chi connectivity index (χ1n) is 5.77. The molecule has 1 N–H and O–H groups in total. The topological polar surface area (TPSA) is 29.1 Å². The number of halogens is 4. The van der Waals surface area contributed by atoms with Gasteiger partial charge in [0.05, 0.1) is 11.3 Å². The van der Waals surface area contributed by atoms with E-state index in [9.17, 15) is 18.0 Å². The second-order valence-electron chi connectivity index (χ2n) is 3.95. The van der Waals surface area contributed by atoms with Gasteiger partial charge in [-0.25, -0.2) is 4.39 Å². The molecule has 2 nitrogen and oxygen atoms in total. The molecule has 21 heavy (non-hydrogen) atoms. The maximum Gasteiger partial charge on any atom is 0.288 e. The molecule has 0 atom stereocenters. The second kappa shape index (κ2) is 7.00. The van der Waals surface area contributed by atoms with Crippen molar-refractivity contribution in [3.63, 3.8) is 0 Å². The van der Waals surface area contributed by atoms with Gasteiger partial charge in [-0.1, -0.05) is 39.8 Å². The number of alkyl halides is 2. The van der Waals surface area contributed by atoms with E-state index < -0.39 is 17.5 Å². The lowest BCUT2D eigenvalue weighted by molar-refractivity contribution is 0.102. The van der Waals surface area contributed by atoms with Crippen LogP contribution in [-0.4, -0.2) is 11.7 Å². The van der Waals surface area contributed by atoms with E-state index in [1.165, 1.54) is 24.3 Å². The van der Waals surface area contributed by atoms with Gasteiger partial charge in [0.15, 0.2) is 0 Å². The van der Waals surface area contributed by atoms with Crippen molar-refractivity contribution in [3.05, 3.63) is 58.3 Å². The largest absolute Gasteiger partial charge is 0.321 e. The molecule has 0 saturated carbocycles. The molecule has 0 unspecified atom stereocenters. The van der Waals surface area contributed by atoms with Gasteiger partial charge in [-0.2, -0.15) is 8.78 Å². The molecule has 7 heteroatoms. The monoisotopic (exact) mass is 375 g/mol. The van der Waals surface area contributed by atoms with Crippen molar-refractivity contribution in [1.29, 1.82) is 0 Å². The summed E-state index contributed by atoms with van der Waals surface area (Å²) in [4.78, 5) is 12.3. The fourth-order valence-electron chi connectivity index (χ4n) is 1.63. The number of benzene rings is 2. The molecule has 0 aliphatic rings. The van der Waals surface area contributed by atoms with Gasteiger partial charge in [0.25, 0.3) is 11.7 Å². The summed E-state index contributed by atoms with van der Waals surface area (Å²) in [6.45, 7) is 0. The van der Waals surface area contributed by atoms with Crippen LogP contribution >= 0.6 is 27.7 Å². The number of thioether (sulfide) groups is 1. The first kappa shape index (κ1) is 15.9. The molecule has 0 heterocycles. The Balaban J connectivity index is 2.25. The summed E-state index contributed by atoms with van der Waals surface area (Å²) in [6.07, 6.45) is 0. The molecule has 2 rings (SSSR count). The Labute approximate surface area is 131 Å². The molecule has 2 aromatic carbocycles. The van der Waals surface area contributed by atoms with Crippen molar-refractivity contribution >= 4 is 39.3 Å². The lowest BCUT2D eigenvalue weighted by Gasteiger charge is -2.11. The number of carbonyl (C=O) groups is 1. The Morgan fingerprint density at radius 2 is 1.90 bits per heavy atom. The van der Waals surface area contributed by atoms with Crippen molar-refractivity contribution in [3.8, 4) is 0 Å². The smallest absolute Gasteiger partial charge is 0.288 e. The first-order valence-corrected chi connectivity index (χ1v) is 7.45.